The fraction of sp³-hybridized carbons (Fsp3) is 0. The second kappa shape index (κ2) is 5.60. The zero-order valence-corrected chi connectivity index (χ0v) is 12.7. The normalized spacial score (nSPS) is 10.4. The predicted octanol–water partition coefficient (Wildman–Crippen LogP) is 4.34. The summed E-state index contributed by atoms with van der Waals surface area (Å²) in [7, 11) is 0. The van der Waals surface area contributed by atoms with Gasteiger partial charge in [0.05, 0.1) is 0 Å². The quantitative estimate of drug-likeness (QED) is 0.765. The monoisotopic (exact) mass is 347 g/mol. The average Bonchev–Trinajstić information content (AvgIpc) is 2.89. The summed E-state index contributed by atoms with van der Waals surface area (Å²) in [5, 5.41) is 9.08. The third-order valence-corrected chi connectivity index (χ3v) is 3.92. The van der Waals surface area contributed by atoms with Crippen LogP contribution in [0.2, 0.25) is 0 Å². The molecular formula is C14H10BrN3OS. The Bertz CT molecular complexity index is 710. The molecule has 4 nitrogen and oxygen atoms in total. The van der Waals surface area contributed by atoms with E-state index in [1.165, 1.54) is 11.3 Å². The van der Waals surface area contributed by atoms with Gasteiger partial charge in [-0.2, -0.15) is 0 Å². The number of nitrogens with two attached hydrogens (primary N) is 1. The number of hydrogen-bond acceptors (Lipinski definition) is 5. The van der Waals surface area contributed by atoms with Gasteiger partial charge in [-0.15, -0.1) is 10.2 Å². The first-order chi connectivity index (χ1) is 9.70. The van der Waals surface area contributed by atoms with Crippen molar-refractivity contribution in [1.29, 1.82) is 0 Å². The standard InChI is InChI=1S/C14H10BrN3OS/c15-10-3-7-12(8-4-10)19-11-5-1-9(2-6-11)13-17-18-14(16)20-13/h1-8H,(H2,16,18). The van der Waals surface area contributed by atoms with Crippen LogP contribution in [0, 0.1) is 0 Å². The summed E-state index contributed by atoms with van der Waals surface area (Å²) in [4.78, 5) is 0. The molecule has 2 N–H and O–H groups in total. The number of ether oxygens (including phenoxy) is 1. The molecule has 100 valence electrons. The van der Waals surface area contributed by atoms with Gasteiger partial charge in [0.2, 0.25) is 5.13 Å². The van der Waals surface area contributed by atoms with Gasteiger partial charge >= 0.3 is 0 Å². The summed E-state index contributed by atoms with van der Waals surface area (Å²) in [5.74, 6) is 1.56. The first kappa shape index (κ1) is 13.1. The lowest BCUT2D eigenvalue weighted by Crippen LogP contribution is -1.84. The number of nitrogens with zero attached hydrogens (tertiary/aromatic N) is 2. The highest BCUT2D eigenvalue weighted by atomic mass is 79.9. The van der Waals surface area contributed by atoms with Gasteiger partial charge < -0.3 is 10.5 Å². The number of hydrogen-bond donors (Lipinski definition) is 1. The van der Waals surface area contributed by atoms with Crippen LogP contribution in [-0.4, -0.2) is 10.2 Å². The maximum absolute atomic E-state index is 5.75. The van der Waals surface area contributed by atoms with Gasteiger partial charge in [-0.1, -0.05) is 27.3 Å². The second-order valence-electron chi connectivity index (χ2n) is 4.03. The van der Waals surface area contributed by atoms with E-state index < -0.39 is 0 Å². The molecule has 6 heteroatoms. The maximum Gasteiger partial charge on any atom is 0.203 e. The van der Waals surface area contributed by atoms with E-state index in [0.717, 1.165) is 26.5 Å². The van der Waals surface area contributed by atoms with Gasteiger partial charge in [0.25, 0.3) is 0 Å². The lowest BCUT2D eigenvalue weighted by atomic mass is 10.2. The molecule has 0 radical (unpaired) electrons. The molecule has 0 saturated heterocycles. The van der Waals surface area contributed by atoms with E-state index in [4.69, 9.17) is 10.5 Å². The molecule has 0 fully saturated rings. The van der Waals surface area contributed by atoms with E-state index in [0.29, 0.717) is 5.13 Å². The molecule has 0 unspecified atom stereocenters. The van der Waals surface area contributed by atoms with E-state index in [1.54, 1.807) is 0 Å². The van der Waals surface area contributed by atoms with E-state index in [1.807, 2.05) is 48.5 Å². The van der Waals surface area contributed by atoms with Crippen LogP contribution in [-0.2, 0) is 0 Å². The lowest BCUT2D eigenvalue weighted by molar-refractivity contribution is 0.482. The fourth-order valence-corrected chi connectivity index (χ4v) is 2.54. The van der Waals surface area contributed by atoms with Crippen LogP contribution in [0.5, 0.6) is 11.5 Å². The highest BCUT2D eigenvalue weighted by Gasteiger charge is 2.05. The minimum Gasteiger partial charge on any atom is -0.457 e. The molecule has 3 rings (SSSR count). The Kier molecular flexibility index (Phi) is 3.66. The Morgan fingerprint density at radius 1 is 0.900 bits per heavy atom. The van der Waals surface area contributed by atoms with Crippen molar-refractivity contribution in [2.24, 2.45) is 0 Å². The molecular weight excluding hydrogens is 338 g/mol. The van der Waals surface area contributed by atoms with E-state index >= 15 is 0 Å². The number of nitrogen functional groups attached to an aromatic ring is 1. The zero-order valence-electron chi connectivity index (χ0n) is 10.3. The first-order valence-electron chi connectivity index (χ1n) is 5.83. The molecule has 20 heavy (non-hydrogen) atoms. The molecule has 0 amide bonds. The van der Waals surface area contributed by atoms with Gasteiger partial charge in [-0.05, 0) is 48.5 Å². The van der Waals surface area contributed by atoms with Crippen LogP contribution < -0.4 is 10.5 Å². The highest BCUT2D eigenvalue weighted by molar-refractivity contribution is 9.10. The van der Waals surface area contributed by atoms with Crippen molar-refractivity contribution < 1.29 is 4.74 Å². The molecule has 1 aromatic heterocycles. The number of rotatable bonds is 3. The SMILES string of the molecule is Nc1nnc(-c2ccc(Oc3ccc(Br)cc3)cc2)s1. The predicted molar refractivity (Wildman–Crippen MR) is 84.0 cm³/mol. The van der Waals surface area contributed by atoms with Crippen LogP contribution in [0.25, 0.3) is 10.6 Å². The Balaban J connectivity index is 1.77. The van der Waals surface area contributed by atoms with Crippen LogP contribution in [0.15, 0.2) is 53.0 Å². The van der Waals surface area contributed by atoms with Crippen molar-refractivity contribution in [3.63, 3.8) is 0 Å². The highest BCUT2D eigenvalue weighted by Crippen LogP contribution is 2.28. The molecule has 2 aromatic carbocycles. The summed E-state index contributed by atoms with van der Waals surface area (Å²) in [6, 6.07) is 15.4. The van der Waals surface area contributed by atoms with Crippen LogP contribution in [0.3, 0.4) is 0 Å². The van der Waals surface area contributed by atoms with Crippen molar-refractivity contribution in [2.45, 2.75) is 0 Å². The number of aromatic nitrogens is 2. The summed E-state index contributed by atoms with van der Waals surface area (Å²) in [5.41, 5.74) is 6.55. The molecule has 3 aromatic rings. The third kappa shape index (κ3) is 2.97. The number of benzene rings is 2. The molecule has 1 heterocycles. The van der Waals surface area contributed by atoms with Gasteiger partial charge in [0, 0.05) is 10.0 Å². The van der Waals surface area contributed by atoms with E-state index in [2.05, 4.69) is 26.1 Å². The molecule has 0 aliphatic carbocycles. The van der Waals surface area contributed by atoms with Crippen LogP contribution in [0.1, 0.15) is 0 Å². The molecule has 0 aliphatic rings. The minimum atomic E-state index is 0.468. The molecule has 0 atom stereocenters. The van der Waals surface area contributed by atoms with Crippen molar-refractivity contribution in [3.05, 3.63) is 53.0 Å². The van der Waals surface area contributed by atoms with Crippen molar-refractivity contribution in [2.75, 3.05) is 5.73 Å². The van der Waals surface area contributed by atoms with Crippen LogP contribution >= 0.6 is 27.3 Å². The Morgan fingerprint density at radius 3 is 2.05 bits per heavy atom. The average molecular weight is 348 g/mol. The Labute approximate surface area is 128 Å². The molecule has 0 spiro atoms. The largest absolute Gasteiger partial charge is 0.457 e. The number of anilines is 1. The van der Waals surface area contributed by atoms with Crippen molar-refractivity contribution in [3.8, 4) is 22.1 Å². The Morgan fingerprint density at radius 2 is 1.50 bits per heavy atom. The van der Waals surface area contributed by atoms with E-state index in [9.17, 15) is 0 Å². The third-order valence-electron chi connectivity index (χ3n) is 2.59. The van der Waals surface area contributed by atoms with E-state index in [-0.39, 0.29) is 0 Å². The maximum atomic E-state index is 5.75. The summed E-state index contributed by atoms with van der Waals surface area (Å²) >= 11 is 4.75. The second-order valence-corrected chi connectivity index (χ2v) is 5.95. The molecule has 0 saturated carbocycles. The molecule has 0 aliphatic heterocycles. The first-order valence-corrected chi connectivity index (χ1v) is 7.44. The van der Waals surface area contributed by atoms with Gasteiger partial charge in [-0.25, -0.2) is 0 Å². The topological polar surface area (TPSA) is 61.0 Å². The van der Waals surface area contributed by atoms with Gasteiger partial charge in [0.15, 0.2) is 0 Å². The fourth-order valence-electron chi connectivity index (χ4n) is 1.66. The number of halogens is 1. The lowest BCUT2D eigenvalue weighted by Gasteiger charge is -2.06. The van der Waals surface area contributed by atoms with Crippen molar-refractivity contribution in [1.82, 2.24) is 10.2 Å². The summed E-state index contributed by atoms with van der Waals surface area (Å²) in [6.45, 7) is 0. The van der Waals surface area contributed by atoms with Gasteiger partial charge in [-0.3, -0.25) is 0 Å². The minimum absolute atomic E-state index is 0.468. The summed E-state index contributed by atoms with van der Waals surface area (Å²) < 4.78 is 6.77. The van der Waals surface area contributed by atoms with Crippen molar-refractivity contribution >= 4 is 32.4 Å². The smallest absolute Gasteiger partial charge is 0.203 e. The summed E-state index contributed by atoms with van der Waals surface area (Å²) in [6.07, 6.45) is 0. The Hall–Kier alpha value is -1.92. The van der Waals surface area contributed by atoms with Gasteiger partial charge in [0.1, 0.15) is 16.5 Å². The van der Waals surface area contributed by atoms with Crippen LogP contribution in [0.4, 0.5) is 5.13 Å². The zero-order chi connectivity index (χ0) is 13.9. The molecule has 0 bridgehead atoms.